The lowest BCUT2D eigenvalue weighted by atomic mass is 10.2. The van der Waals surface area contributed by atoms with E-state index in [1.807, 2.05) is 6.92 Å². The standard InChI is InChI=1S/C12H14N4O4/c1-8-5-14-6-9(20-8)7-19-12-3-2-11(16(17)18)10(4-13)15-12/h2-3,8-9,14H,5-7H2,1H3. The lowest BCUT2D eigenvalue weighted by Crippen LogP contribution is -2.45. The number of nitriles is 1. The number of ether oxygens (including phenoxy) is 2. The number of hydrogen-bond donors (Lipinski definition) is 1. The molecule has 1 N–H and O–H groups in total. The van der Waals surface area contributed by atoms with E-state index in [1.165, 1.54) is 12.1 Å². The van der Waals surface area contributed by atoms with Gasteiger partial charge in [0, 0.05) is 25.2 Å². The van der Waals surface area contributed by atoms with Crippen molar-refractivity contribution in [3.63, 3.8) is 0 Å². The fraction of sp³-hybridized carbons (Fsp3) is 0.500. The molecule has 1 aromatic rings. The van der Waals surface area contributed by atoms with Crippen LogP contribution in [0.3, 0.4) is 0 Å². The summed E-state index contributed by atoms with van der Waals surface area (Å²) < 4.78 is 11.1. The Kier molecular flexibility index (Phi) is 4.45. The highest BCUT2D eigenvalue weighted by atomic mass is 16.6. The van der Waals surface area contributed by atoms with Crippen LogP contribution < -0.4 is 10.1 Å². The van der Waals surface area contributed by atoms with Crippen LogP contribution in [0.2, 0.25) is 0 Å². The van der Waals surface area contributed by atoms with Crippen molar-refractivity contribution in [3.05, 3.63) is 27.9 Å². The molecule has 106 valence electrons. The van der Waals surface area contributed by atoms with Gasteiger partial charge in [0.15, 0.2) is 0 Å². The number of nitrogens with one attached hydrogen (secondary N) is 1. The molecule has 8 nitrogen and oxygen atoms in total. The highest BCUT2D eigenvalue weighted by Crippen LogP contribution is 2.19. The molecule has 0 amide bonds. The molecule has 0 aliphatic carbocycles. The molecule has 0 aromatic carbocycles. The highest BCUT2D eigenvalue weighted by molar-refractivity contribution is 5.45. The van der Waals surface area contributed by atoms with Crippen LogP contribution in [0.5, 0.6) is 5.88 Å². The van der Waals surface area contributed by atoms with E-state index in [9.17, 15) is 10.1 Å². The predicted molar refractivity (Wildman–Crippen MR) is 68.3 cm³/mol. The highest BCUT2D eigenvalue weighted by Gasteiger charge is 2.20. The lowest BCUT2D eigenvalue weighted by molar-refractivity contribution is -0.385. The Bertz CT molecular complexity index is 543. The van der Waals surface area contributed by atoms with Crippen molar-refractivity contribution in [3.8, 4) is 11.9 Å². The molecule has 2 heterocycles. The van der Waals surface area contributed by atoms with Gasteiger partial charge in [-0.25, -0.2) is 0 Å². The number of morpholine rings is 1. The molecule has 0 saturated carbocycles. The third-order valence-corrected chi connectivity index (χ3v) is 2.80. The van der Waals surface area contributed by atoms with Gasteiger partial charge in [0.2, 0.25) is 11.6 Å². The molecular formula is C12H14N4O4. The van der Waals surface area contributed by atoms with Gasteiger partial charge in [-0.3, -0.25) is 10.1 Å². The van der Waals surface area contributed by atoms with Crippen molar-refractivity contribution in [2.75, 3.05) is 19.7 Å². The normalized spacial score (nSPS) is 22.0. The minimum absolute atomic E-state index is 0.108. The zero-order valence-corrected chi connectivity index (χ0v) is 10.9. The topological polar surface area (TPSA) is 110 Å². The summed E-state index contributed by atoms with van der Waals surface area (Å²) >= 11 is 0. The summed E-state index contributed by atoms with van der Waals surface area (Å²) in [5.41, 5.74) is -0.590. The first-order valence-corrected chi connectivity index (χ1v) is 6.14. The Balaban J connectivity index is 2.00. The second kappa shape index (κ2) is 6.27. The Labute approximate surface area is 115 Å². The maximum absolute atomic E-state index is 10.7. The fourth-order valence-electron chi connectivity index (χ4n) is 1.89. The molecule has 1 fully saturated rings. The zero-order chi connectivity index (χ0) is 14.5. The third kappa shape index (κ3) is 3.40. The first-order valence-electron chi connectivity index (χ1n) is 6.14. The van der Waals surface area contributed by atoms with Gasteiger partial charge >= 0.3 is 5.69 Å². The number of rotatable bonds is 4. The Morgan fingerprint density at radius 2 is 2.45 bits per heavy atom. The minimum atomic E-state index is -0.648. The molecule has 1 aliphatic heterocycles. The second-order valence-corrected chi connectivity index (χ2v) is 4.42. The lowest BCUT2D eigenvalue weighted by Gasteiger charge is -2.28. The van der Waals surface area contributed by atoms with Crippen LogP contribution in [0.25, 0.3) is 0 Å². The Hall–Kier alpha value is -2.24. The molecule has 2 unspecified atom stereocenters. The van der Waals surface area contributed by atoms with Crippen molar-refractivity contribution in [1.82, 2.24) is 10.3 Å². The molecule has 0 radical (unpaired) electrons. The first kappa shape index (κ1) is 14.2. The van der Waals surface area contributed by atoms with Crippen molar-refractivity contribution in [1.29, 1.82) is 5.26 Å². The fourth-order valence-corrected chi connectivity index (χ4v) is 1.89. The van der Waals surface area contributed by atoms with E-state index < -0.39 is 4.92 Å². The van der Waals surface area contributed by atoms with E-state index in [1.54, 1.807) is 6.07 Å². The predicted octanol–water partition coefficient (Wildman–Crippen LogP) is 0.617. The zero-order valence-electron chi connectivity index (χ0n) is 10.9. The third-order valence-electron chi connectivity index (χ3n) is 2.80. The summed E-state index contributed by atoms with van der Waals surface area (Å²) in [7, 11) is 0. The number of nitrogens with zero attached hydrogens (tertiary/aromatic N) is 3. The largest absolute Gasteiger partial charge is 0.475 e. The molecule has 2 rings (SSSR count). The van der Waals surface area contributed by atoms with Crippen molar-refractivity contribution >= 4 is 5.69 Å². The van der Waals surface area contributed by atoms with Gasteiger partial charge in [-0.1, -0.05) is 0 Å². The van der Waals surface area contributed by atoms with Crippen molar-refractivity contribution in [2.45, 2.75) is 19.1 Å². The summed E-state index contributed by atoms with van der Waals surface area (Å²) in [5, 5.41) is 22.7. The van der Waals surface area contributed by atoms with Crippen molar-refractivity contribution < 1.29 is 14.4 Å². The summed E-state index contributed by atoms with van der Waals surface area (Å²) in [6.45, 7) is 3.69. The van der Waals surface area contributed by atoms with Gasteiger partial charge in [-0.15, -0.1) is 0 Å². The van der Waals surface area contributed by atoms with Crippen LogP contribution in [0.1, 0.15) is 12.6 Å². The molecule has 2 atom stereocenters. The van der Waals surface area contributed by atoms with Crippen LogP contribution >= 0.6 is 0 Å². The number of hydrogen-bond acceptors (Lipinski definition) is 7. The Morgan fingerprint density at radius 3 is 3.10 bits per heavy atom. The average Bonchev–Trinajstić information content (AvgIpc) is 2.44. The van der Waals surface area contributed by atoms with Gasteiger partial charge in [0.1, 0.15) is 18.8 Å². The summed E-state index contributed by atoms with van der Waals surface area (Å²) in [4.78, 5) is 13.8. The van der Waals surface area contributed by atoms with Crippen LogP contribution in [-0.2, 0) is 4.74 Å². The van der Waals surface area contributed by atoms with Gasteiger partial charge in [0.05, 0.1) is 11.0 Å². The van der Waals surface area contributed by atoms with Crippen LogP contribution in [0, 0.1) is 21.4 Å². The number of nitro groups is 1. The van der Waals surface area contributed by atoms with E-state index in [0.717, 1.165) is 6.54 Å². The molecular weight excluding hydrogens is 264 g/mol. The molecule has 0 bridgehead atoms. The molecule has 1 saturated heterocycles. The molecule has 8 heteroatoms. The quantitative estimate of drug-likeness (QED) is 0.634. The summed E-state index contributed by atoms with van der Waals surface area (Å²) in [6.07, 6.45) is -0.00174. The monoisotopic (exact) mass is 278 g/mol. The van der Waals surface area contributed by atoms with Crippen molar-refractivity contribution in [2.24, 2.45) is 0 Å². The van der Waals surface area contributed by atoms with Crippen LogP contribution in [0.15, 0.2) is 12.1 Å². The minimum Gasteiger partial charge on any atom is -0.475 e. The summed E-state index contributed by atoms with van der Waals surface area (Å²) in [5.74, 6) is 0.175. The SMILES string of the molecule is CC1CNCC(COc2ccc([N+](=O)[O-])c(C#N)n2)O1. The Morgan fingerprint density at radius 1 is 1.65 bits per heavy atom. The van der Waals surface area contributed by atoms with Crippen LogP contribution in [0.4, 0.5) is 5.69 Å². The van der Waals surface area contributed by atoms with E-state index in [4.69, 9.17) is 14.7 Å². The van der Waals surface area contributed by atoms with E-state index in [-0.39, 0.29) is 36.1 Å². The van der Waals surface area contributed by atoms with E-state index >= 15 is 0 Å². The maximum Gasteiger partial charge on any atom is 0.305 e. The number of pyridine rings is 1. The van der Waals surface area contributed by atoms with E-state index in [0.29, 0.717) is 6.54 Å². The maximum atomic E-state index is 10.7. The molecule has 20 heavy (non-hydrogen) atoms. The van der Waals surface area contributed by atoms with E-state index in [2.05, 4.69) is 10.3 Å². The molecule has 1 aromatic heterocycles. The van der Waals surface area contributed by atoms with Gasteiger partial charge in [-0.2, -0.15) is 10.2 Å². The molecule has 0 spiro atoms. The van der Waals surface area contributed by atoms with Gasteiger partial charge in [-0.05, 0) is 6.92 Å². The van der Waals surface area contributed by atoms with Gasteiger partial charge < -0.3 is 14.8 Å². The molecule has 1 aliphatic rings. The van der Waals surface area contributed by atoms with Gasteiger partial charge in [0.25, 0.3) is 0 Å². The van der Waals surface area contributed by atoms with Crippen LogP contribution in [-0.4, -0.2) is 41.8 Å². The average molecular weight is 278 g/mol. The second-order valence-electron chi connectivity index (χ2n) is 4.42. The smallest absolute Gasteiger partial charge is 0.305 e. The summed E-state index contributed by atoms with van der Waals surface area (Å²) in [6, 6.07) is 4.27. The first-order chi connectivity index (χ1) is 9.60. The number of aromatic nitrogens is 1.